The first-order valence-electron chi connectivity index (χ1n) is 5.00. The molecule has 7 heteroatoms. The van der Waals surface area contributed by atoms with Gasteiger partial charge in [-0.15, -0.1) is 0 Å². The van der Waals surface area contributed by atoms with E-state index in [-0.39, 0.29) is 16.9 Å². The van der Waals surface area contributed by atoms with Crippen LogP contribution in [0.3, 0.4) is 0 Å². The third-order valence-electron chi connectivity index (χ3n) is 2.34. The monoisotopic (exact) mass is 247 g/mol. The van der Waals surface area contributed by atoms with Gasteiger partial charge in [-0.2, -0.15) is 5.10 Å². The molecule has 0 radical (unpaired) electrons. The number of aromatic nitrogens is 2. The summed E-state index contributed by atoms with van der Waals surface area (Å²) in [6.07, 6.45) is 3.10. The predicted octanol–water partition coefficient (Wildman–Crippen LogP) is 1.57. The standard InChI is InChI=1S/C11H9N3O4/c1-18-11(15)8-3-4-9(10(7-8)14(16)17)13-6-2-5-12-13/h2-7H,1H3. The van der Waals surface area contributed by atoms with E-state index in [1.807, 2.05) is 0 Å². The Bertz CT molecular complexity index is 592. The molecule has 0 fully saturated rings. The van der Waals surface area contributed by atoms with Gasteiger partial charge in [-0.25, -0.2) is 9.48 Å². The lowest BCUT2D eigenvalue weighted by atomic mass is 10.1. The number of hydrogen-bond acceptors (Lipinski definition) is 5. The largest absolute Gasteiger partial charge is 0.465 e. The Morgan fingerprint density at radius 3 is 2.83 bits per heavy atom. The van der Waals surface area contributed by atoms with Gasteiger partial charge in [0.15, 0.2) is 0 Å². The first kappa shape index (κ1) is 11.8. The van der Waals surface area contributed by atoms with E-state index in [1.54, 1.807) is 12.3 Å². The van der Waals surface area contributed by atoms with Crippen LogP contribution in [0.5, 0.6) is 0 Å². The Kier molecular flexibility index (Phi) is 3.05. The Labute approximate surface area is 102 Å². The minimum Gasteiger partial charge on any atom is -0.465 e. The first-order valence-corrected chi connectivity index (χ1v) is 5.00. The Balaban J connectivity index is 2.55. The molecular formula is C11H9N3O4. The van der Waals surface area contributed by atoms with Crippen molar-refractivity contribution in [1.82, 2.24) is 9.78 Å². The molecular weight excluding hydrogens is 238 g/mol. The highest BCUT2D eigenvalue weighted by Gasteiger charge is 2.19. The maximum Gasteiger partial charge on any atom is 0.338 e. The molecule has 0 saturated carbocycles. The van der Waals surface area contributed by atoms with Crippen LogP contribution in [-0.4, -0.2) is 27.8 Å². The number of carbonyl (C=O) groups excluding carboxylic acids is 1. The zero-order valence-electron chi connectivity index (χ0n) is 9.44. The van der Waals surface area contributed by atoms with Gasteiger partial charge >= 0.3 is 5.97 Å². The zero-order chi connectivity index (χ0) is 13.1. The van der Waals surface area contributed by atoms with Crippen molar-refractivity contribution < 1.29 is 14.5 Å². The number of nitrogens with zero attached hydrogens (tertiary/aromatic N) is 3. The molecule has 92 valence electrons. The van der Waals surface area contributed by atoms with Gasteiger partial charge in [0.1, 0.15) is 5.69 Å². The van der Waals surface area contributed by atoms with E-state index in [4.69, 9.17) is 0 Å². The van der Waals surface area contributed by atoms with Crippen LogP contribution in [0, 0.1) is 10.1 Å². The van der Waals surface area contributed by atoms with Crippen molar-refractivity contribution >= 4 is 11.7 Å². The van der Waals surface area contributed by atoms with Crippen LogP contribution in [0.1, 0.15) is 10.4 Å². The fourth-order valence-electron chi connectivity index (χ4n) is 1.52. The van der Waals surface area contributed by atoms with Crippen LogP contribution < -0.4 is 0 Å². The molecule has 0 aliphatic rings. The van der Waals surface area contributed by atoms with E-state index < -0.39 is 10.9 Å². The molecule has 0 N–H and O–H groups in total. The molecule has 1 aromatic heterocycles. The molecule has 0 amide bonds. The Hall–Kier alpha value is -2.70. The van der Waals surface area contributed by atoms with Crippen molar-refractivity contribution in [2.24, 2.45) is 0 Å². The molecule has 2 aromatic rings. The third kappa shape index (κ3) is 2.05. The molecule has 18 heavy (non-hydrogen) atoms. The number of esters is 1. The van der Waals surface area contributed by atoms with Crippen molar-refractivity contribution in [2.45, 2.75) is 0 Å². The van der Waals surface area contributed by atoms with E-state index in [9.17, 15) is 14.9 Å². The molecule has 0 aliphatic carbocycles. The van der Waals surface area contributed by atoms with Gasteiger partial charge in [0.05, 0.1) is 17.6 Å². The van der Waals surface area contributed by atoms with Crippen molar-refractivity contribution in [3.05, 3.63) is 52.3 Å². The van der Waals surface area contributed by atoms with Gasteiger partial charge in [-0.3, -0.25) is 10.1 Å². The van der Waals surface area contributed by atoms with Crippen LogP contribution in [0.15, 0.2) is 36.7 Å². The SMILES string of the molecule is COC(=O)c1ccc(-n2cccn2)c([N+](=O)[O-])c1. The quantitative estimate of drug-likeness (QED) is 0.466. The minimum atomic E-state index is -0.620. The number of hydrogen-bond donors (Lipinski definition) is 0. The fraction of sp³-hybridized carbons (Fsp3) is 0.0909. The zero-order valence-corrected chi connectivity index (χ0v) is 9.44. The lowest BCUT2D eigenvalue weighted by molar-refractivity contribution is -0.384. The summed E-state index contributed by atoms with van der Waals surface area (Å²) in [5.74, 6) is -0.620. The third-order valence-corrected chi connectivity index (χ3v) is 2.34. The highest BCUT2D eigenvalue weighted by molar-refractivity contribution is 5.90. The van der Waals surface area contributed by atoms with Gasteiger partial charge in [-0.1, -0.05) is 0 Å². The average molecular weight is 247 g/mol. The van der Waals surface area contributed by atoms with Crippen molar-refractivity contribution in [3.8, 4) is 5.69 Å². The van der Waals surface area contributed by atoms with Gasteiger partial charge in [0, 0.05) is 18.5 Å². The summed E-state index contributed by atoms with van der Waals surface area (Å²) in [6, 6.07) is 5.73. The van der Waals surface area contributed by atoms with Crippen molar-refractivity contribution in [2.75, 3.05) is 7.11 Å². The topological polar surface area (TPSA) is 87.3 Å². The molecule has 7 nitrogen and oxygen atoms in total. The lowest BCUT2D eigenvalue weighted by Crippen LogP contribution is -2.05. The second-order valence-electron chi connectivity index (χ2n) is 3.40. The second kappa shape index (κ2) is 4.66. The maximum absolute atomic E-state index is 11.3. The number of carbonyl (C=O) groups is 1. The van der Waals surface area contributed by atoms with Gasteiger partial charge in [0.25, 0.3) is 5.69 Å². The Morgan fingerprint density at radius 1 is 1.50 bits per heavy atom. The van der Waals surface area contributed by atoms with Crippen LogP contribution in [0.2, 0.25) is 0 Å². The van der Waals surface area contributed by atoms with Crippen molar-refractivity contribution in [1.29, 1.82) is 0 Å². The van der Waals surface area contributed by atoms with E-state index >= 15 is 0 Å². The van der Waals surface area contributed by atoms with Gasteiger partial charge in [-0.05, 0) is 18.2 Å². The molecule has 0 spiro atoms. The second-order valence-corrected chi connectivity index (χ2v) is 3.40. The Morgan fingerprint density at radius 2 is 2.28 bits per heavy atom. The van der Waals surface area contributed by atoms with Crippen LogP contribution in [-0.2, 0) is 4.74 Å². The van der Waals surface area contributed by atoms with E-state index in [0.717, 1.165) is 0 Å². The summed E-state index contributed by atoms with van der Waals surface area (Å²) in [5.41, 5.74) is 0.208. The fourth-order valence-corrected chi connectivity index (χ4v) is 1.52. The summed E-state index contributed by atoms with van der Waals surface area (Å²) in [5, 5.41) is 14.9. The number of benzene rings is 1. The number of nitro groups is 1. The molecule has 0 atom stereocenters. The molecule has 0 bridgehead atoms. The molecule has 1 aromatic carbocycles. The van der Waals surface area contributed by atoms with Crippen LogP contribution in [0.4, 0.5) is 5.69 Å². The summed E-state index contributed by atoms with van der Waals surface area (Å²) in [7, 11) is 1.22. The molecule has 0 unspecified atom stereocenters. The highest BCUT2D eigenvalue weighted by Crippen LogP contribution is 2.23. The highest BCUT2D eigenvalue weighted by atomic mass is 16.6. The first-order chi connectivity index (χ1) is 8.63. The average Bonchev–Trinajstić information content (AvgIpc) is 2.90. The number of nitro benzene ring substituents is 1. The molecule has 2 rings (SSSR count). The number of ether oxygens (including phenoxy) is 1. The lowest BCUT2D eigenvalue weighted by Gasteiger charge is -2.04. The molecule has 0 saturated heterocycles. The normalized spacial score (nSPS) is 10.1. The minimum absolute atomic E-state index is 0.125. The van der Waals surface area contributed by atoms with Crippen molar-refractivity contribution in [3.63, 3.8) is 0 Å². The van der Waals surface area contributed by atoms with E-state index in [1.165, 1.54) is 36.2 Å². The van der Waals surface area contributed by atoms with Crippen LogP contribution in [0.25, 0.3) is 5.69 Å². The number of methoxy groups -OCH3 is 1. The van der Waals surface area contributed by atoms with Crippen LogP contribution >= 0.6 is 0 Å². The summed E-state index contributed by atoms with van der Waals surface area (Å²) >= 11 is 0. The molecule has 0 aliphatic heterocycles. The summed E-state index contributed by atoms with van der Waals surface area (Å²) < 4.78 is 5.88. The summed E-state index contributed by atoms with van der Waals surface area (Å²) in [4.78, 5) is 21.7. The summed E-state index contributed by atoms with van der Waals surface area (Å²) in [6.45, 7) is 0. The van der Waals surface area contributed by atoms with E-state index in [0.29, 0.717) is 0 Å². The smallest absolute Gasteiger partial charge is 0.338 e. The van der Waals surface area contributed by atoms with Gasteiger partial charge in [0.2, 0.25) is 0 Å². The van der Waals surface area contributed by atoms with Gasteiger partial charge < -0.3 is 4.74 Å². The number of rotatable bonds is 3. The van der Waals surface area contributed by atoms with E-state index in [2.05, 4.69) is 9.84 Å². The predicted molar refractivity (Wildman–Crippen MR) is 61.6 cm³/mol. The molecule has 1 heterocycles. The maximum atomic E-state index is 11.3.